The third-order valence-corrected chi connectivity index (χ3v) is 14.8. The number of ether oxygens (including phenoxy) is 3. The third-order valence-electron chi connectivity index (χ3n) is 12.9. The maximum Gasteiger partial charge on any atom is 0.416 e. The number of allylic oxidation sites excluding steroid dienone is 1. The maximum atomic E-state index is 14.8. The maximum absolute atomic E-state index is 14.8. The molecule has 3 N–H and O–H groups in total. The molecule has 2 aromatic carbocycles. The van der Waals surface area contributed by atoms with E-state index in [-0.39, 0.29) is 60.3 Å². The van der Waals surface area contributed by atoms with Crippen molar-refractivity contribution in [2.75, 3.05) is 13.7 Å². The number of hydrogen-bond acceptors (Lipinski definition) is 12. The SMILES string of the molecule is COc1ccc2oc3c(O[C@@H]4C[C@H]5C(=O)N[C@]6(C(=O)NS(=O)(=O)C7CC7)C[C@@H]6/C=C\CCCCC[C@H](NC(=O)OC6CCCC6)C(=O)N5C4)nc(-c4ccc(C(F)(F)F)cc4)nc3c2c1. The number of methoxy groups -OCH3 is 1. The number of alkyl halides is 3. The molecule has 4 heterocycles. The predicted molar refractivity (Wildman–Crippen MR) is 228 cm³/mol. The van der Waals surface area contributed by atoms with Crippen LogP contribution in [-0.4, -0.2) is 95.8 Å². The number of alkyl carbamates (subject to hydrolysis) is 1. The van der Waals surface area contributed by atoms with E-state index in [9.17, 15) is 40.8 Å². The molecule has 65 heavy (non-hydrogen) atoms. The van der Waals surface area contributed by atoms with Crippen LogP contribution in [0.3, 0.4) is 0 Å². The highest BCUT2D eigenvalue weighted by atomic mass is 32.2. The average molecular weight is 923 g/mol. The molecule has 0 unspecified atom stereocenters. The van der Waals surface area contributed by atoms with Crippen LogP contribution in [0.4, 0.5) is 18.0 Å². The lowest BCUT2D eigenvalue weighted by Gasteiger charge is -2.30. The van der Waals surface area contributed by atoms with Gasteiger partial charge in [-0.05, 0) is 94.5 Å². The summed E-state index contributed by atoms with van der Waals surface area (Å²) in [5, 5.41) is 5.40. The van der Waals surface area contributed by atoms with Crippen molar-refractivity contribution < 1.29 is 59.4 Å². The second-order valence-corrected chi connectivity index (χ2v) is 19.5. The topological polar surface area (TPSA) is 208 Å². The average Bonchev–Trinajstić information content (AvgIpc) is 4.09. The number of nitrogens with zero attached hydrogens (tertiary/aromatic N) is 3. The number of benzene rings is 2. The lowest BCUT2D eigenvalue weighted by molar-refractivity contribution is -0.141. The number of rotatable bonds is 9. The first-order valence-electron chi connectivity index (χ1n) is 22.1. The van der Waals surface area contributed by atoms with Gasteiger partial charge in [-0.15, -0.1) is 0 Å². The molecule has 3 saturated carbocycles. The Labute approximate surface area is 372 Å². The highest BCUT2D eigenvalue weighted by molar-refractivity contribution is 7.91. The van der Waals surface area contributed by atoms with Crippen LogP contribution in [0, 0.1) is 5.92 Å². The zero-order valence-corrected chi connectivity index (χ0v) is 36.3. The summed E-state index contributed by atoms with van der Waals surface area (Å²) < 4.78 is 92.6. The second-order valence-electron chi connectivity index (χ2n) is 17.6. The molecule has 20 heteroatoms. The van der Waals surface area contributed by atoms with Crippen molar-refractivity contribution >= 4 is 55.9 Å². The number of carbonyl (C=O) groups is 4. The molecule has 3 aliphatic carbocycles. The molecular formula is C45H49F3N6O10S. The number of aromatic nitrogens is 2. The Hall–Kier alpha value is -5.92. The molecule has 9 rings (SSSR count). The van der Waals surface area contributed by atoms with E-state index in [4.69, 9.17) is 18.6 Å². The molecule has 4 aromatic rings. The van der Waals surface area contributed by atoms with Gasteiger partial charge >= 0.3 is 12.3 Å². The van der Waals surface area contributed by atoms with Crippen LogP contribution in [0.5, 0.6) is 11.6 Å². The summed E-state index contributed by atoms with van der Waals surface area (Å²) in [5.41, 5.74) is -1.54. The molecule has 0 bridgehead atoms. The highest BCUT2D eigenvalue weighted by Crippen LogP contribution is 2.46. The predicted octanol–water partition coefficient (Wildman–Crippen LogP) is 6.46. The second kappa shape index (κ2) is 17.5. The molecule has 4 amide bonds. The van der Waals surface area contributed by atoms with Crippen molar-refractivity contribution in [1.29, 1.82) is 0 Å². The van der Waals surface area contributed by atoms with Gasteiger partial charge in [-0.3, -0.25) is 19.1 Å². The molecule has 5 atom stereocenters. The van der Waals surface area contributed by atoms with Crippen LogP contribution in [0.25, 0.3) is 33.5 Å². The molecule has 16 nitrogen and oxygen atoms in total. The smallest absolute Gasteiger partial charge is 0.416 e. The van der Waals surface area contributed by atoms with Gasteiger partial charge < -0.3 is 34.2 Å². The monoisotopic (exact) mass is 922 g/mol. The van der Waals surface area contributed by atoms with E-state index >= 15 is 0 Å². The highest BCUT2D eigenvalue weighted by Gasteiger charge is 2.62. The summed E-state index contributed by atoms with van der Waals surface area (Å²) in [6.07, 6.45) is 4.05. The minimum atomic E-state index is -4.58. The lowest BCUT2D eigenvalue weighted by Crippen LogP contribution is -2.58. The molecule has 2 aromatic heterocycles. The van der Waals surface area contributed by atoms with Gasteiger partial charge in [-0.25, -0.2) is 18.2 Å². The molecular weight excluding hydrogens is 874 g/mol. The Morgan fingerprint density at radius 1 is 0.954 bits per heavy atom. The number of hydrogen-bond donors (Lipinski definition) is 3. The van der Waals surface area contributed by atoms with E-state index < -0.39 is 80.5 Å². The van der Waals surface area contributed by atoms with Gasteiger partial charge in [0, 0.05) is 17.9 Å². The van der Waals surface area contributed by atoms with Crippen LogP contribution >= 0.6 is 0 Å². The molecule has 346 valence electrons. The van der Waals surface area contributed by atoms with E-state index in [0.717, 1.165) is 31.4 Å². The van der Waals surface area contributed by atoms with Gasteiger partial charge in [0.25, 0.3) is 11.8 Å². The molecule has 0 spiro atoms. The van der Waals surface area contributed by atoms with Crippen LogP contribution < -0.4 is 24.8 Å². The quantitative estimate of drug-likeness (QED) is 0.155. The Morgan fingerprint density at radius 2 is 1.71 bits per heavy atom. The van der Waals surface area contributed by atoms with Crippen LogP contribution in [-0.2, 0) is 35.3 Å². The first-order valence-corrected chi connectivity index (χ1v) is 23.6. The number of sulfonamides is 1. The fourth-order valence-electron chi connectivity index (χ4n) is 9.08. The van der Waals surface area contributed by atoms with Crippen molar-refractivity contribution in [3.05, 3.63) is 60.2 Å². The van der Waals surface area contributed by atoms with Crippen molar-refractivity contribution in [3.63, 3.8) is 0 Å². The van der Waals surface area contributed by atoms with Crippen molar-refractivity contribution in [2.24, 2.45) is 5.92 Å². The van der Waals surface area contributed by atoms with E-state index in [1.807, 2.05) is 12.2 Å². The van der Waals surface area contributed by atoms with Crippen molar-refractivity contribution in [1.82, 2.24) is 30.2 Å². The zero-order chi connectivity index (χ0) is 45.7. The van der Waals surface area contributed by atoms with Crippen LogP contribution in [0.15, 0.2) is 59.0 Å². The molecule has 5 aliphatic rings. The lowest BCUT2D eigenvalue weighted by atomic mass is 10.0. The minimum absolute atomic E-state index is 0.000352. The van der Waals surface area contributed by atoms with Crippen LogP contribution in [0.1, 0.15) is 89.0 Å². The summed E-state index contributed by atoms with van der Waals surface area (Å²) in [7, 11) is -2.50. The first kappa shape index (κ1) is 44.3. The number of fused-ring (bicyclic) bond motifs is 5. The van der Waals surface area contributed by atoms with Gasteiger partial charge in [0.05, 0.1) is 29.9 Å². The summed E-state index contributed by atoms with van der Waals surface area (Å²) in [5.74, 6) is -2.37. The fourth-order valence-corrected chi connectivity index (χ4v) is 10.4. The van der Waals surface area contributed by atoms with Gasteiger partial charge in [0.2, 0.25) is 27.4 Å². The largest absolute Gasteiger partial charge is 0.497 e. The van der Waals surface area contributed by atoms with Gasteiger partial charge in [0.15, 0.2) is 5.82 Å². The Morgan fingerprint density at radius 3 is 2.43 bits per heavy atom. The molecule has 2 aliphatic heterocycles. The Balaban J connectivity index is 1.07. The Kier molecular flexibility index (Phi) is 11.9. The standard InChI is InChI=1S/C45H49F3N6O10S/c1-61-29-17-20-35-32(21-29)36-37(64-35)40(51-38(50-36)25-13-15-26(16-14-25)45(46,47)48)62-30-22-34-39(55)52-44(42(57)53-65(59,60)31-18-19-31)23-27(44)9-5-3-2-4-6-12-33(41(56)54(34)24-30)49-43(58)63-28-10-7-8-11-28/h5,9,13-17,20-21,27-28,30-31,33-34H,2-4,6-8,10-12,18-19,22-24H2,1H3,(H,49,58)(H,52,55)(H,53,57)/b9-5-/t27-,30+,33-,34-,44+/m0/s1. The van der Waals surface area contributed by atoms with E-state index in [1.54, 1.807) is 18.2 Å². The van der Waals surface area contributed by atoms with Gasteiger partial charge in [0.1, 0.15) is 46.7 Å². The van der Waals surface area contributed by atoms with E-state index in [2.05, 4.69) is 25.3 Å². The zero-order valence-electron chi connectivity index (χ0n) is 35.5. The normalized spacial score (nSPS) is 26.1. The number of halogens is 3. The van der Waals surface area contributed by atoms with Gasteiger partial charge in [-0.2, -0.15) is 18.2 Å². The van der Waals surface area contributed by atoms with Crippen molar-refractivity contribution in [2.45, 2.75) is 125 Å². The third kappa shape index (κ3) is 9.31. The van der Waals surface area contributed by atoms with Crippen molar-refractivity contribution in [3.8, 4) is 23.0 Å². The van der Waals surface area contributed by atoms with E-state index in [0.29, 0.717) is 61.7 Å². The first-order chi connectivity index (χ1) is 31.1. The summed E-state index contributed by atoms with van der Waals surface area (Å²) >= 11 is 0. The number of amides is 4. The molecule has 4 fully saturated rings. The summed E-state index contributed by atoms with van der Waals surface area (Å²) in [6.45, 7) is -0.208. The number of nitrogens with one attached hydrogen (secondary N) is 3. The van der Waals surface area contributed by atoms with E-state index in [1.165, 1.54) is 24.1 Å². The number of carbonyl (C=O) groups excluding carboxylic acids is 4. The summed E-state index contributed by atoms with van der Waals surface area (Å²) in [6, 6.07) is 6.91. The molecule has 0 radical (unpaired) electrons. The summed E-state index contributed by atoms with van der Waals surface area (Å²) in [4.78, 5) is 67.2. The fraction of sp³-hybridized carbons (Fsp3) is 0.511. The number of furan rings is 1. The Bertz CT molecular complexity index is 2650. The molecule has 1 saturated heterocycles. The minimum Gasteiger partial charge on any atom is -0.497 e. The van der Waals surface area contributed by atoms with Crippen LogP contribution in [0.2, 0.25) is 0 Å². The van der Waals surface area contributed by atoms with Gasteiger partial charge in [-0.1, -0.05) is 37.1 Å².